The number of methoxy groups -OCH3 is 1. The highest BCUT2D eigenvalue weighted by Crippen LogP contribution is 2.07. The van der Waals surface area contributed by atoms with Gasteiger partial charge in [-0.1, -0.05) is 0 Å². The quantitative estimate of drug-likeness (QED) is 0.778. The molecule has 0 amide bonds. The van der Waals surface area contributed by atoms with Gasteiger partial charge >= 0.3 is 5.97 Å². The molecule has 0 saturated carbocycles. The average Bonchev–Trinajstić information content (AvgIpc) is 2.47. The molecule has 1 saturated heterocycles. The molecule has 1 aromatic heterocycles. The third kappa shape index (κ3) is 4.14. The number of anilines is 1. The Morgan fingerprint density at radius 3 is 2.90 bits per heavy atom. The van der Waals surface area contributed by atoms with E-state index in [1.54, 1.807) is 0 Å². The van der Waals surface area contributed by atoms with Crippen molar-refractivity contribution in [2.75, 3.05) is 51.8 Å². The number of esters is 1. The SMILES string of the molecule is COC(=O)c1nc(C)cc(NCCN2CCOCC2)n1. The normalized spacial score (nSPS) is 15.9. The van der Waals surface area contributed by atoms with Crippen LogP contribution in [0, 0.1) is 6.92 Å². The number of aromatic nitrogens is 2. The number of ether oxygens (including phenoxy) is 2. The molecule has 2 rings (SSSR count). The molecule has 0 spiro atoms. The molecule has 1 aliphatic heterocycles. The van der Waals surface area contributed by atoms with Crippen LogP contribution in [0.1, 0.15) is 16.3 Å². The Labute approximate surface area is 118 Å². The van der Waals surface area contributed by atoms with Crippen LogP contribution >= 0.6 is 0 Å². The molecular formula is C13H20N4O3. The lowest BCUT2D eigenvalue weighted by atomic mass is 10.4. The number of carbonyl (C=O) groups is 1. The fourth-order valence-electron chi connectivity index (χ4n) is 2.01. The highest BCUT2D eigenvalue weighted by atomic mass is 16.5. The van der Waals surface area contributed by atoms with Gasteiger partial charge in [-0.15, -0.1) is 0 Å². The van der Waals surface area contributed by atoms with Crippen molar-refractivity contribution in [1.82, 2.24) is 14.9 Å². The largest absolute Gasteiger partial charge is 0.463 e. The van der Waals surface area contributed by atoms with Gasteiger partial charge in [0, 0.05) is 37.9 Å². The van der Waals surface area contributed by atoms with E-state index < -0.39 is 5.97 Å². The monoisotopic (exact) mass is 280 g/mol. The van der Waals surface area contributed by atoms with Crippen molar-refractivity contribution in [1.29, 1.82) is 0 Å². The van der Waals surface area contributed by atoms with Gasteiger partial charge in [0.1, 0.15) is 5.82 Å². The van der Waals surface area contributed by atoms with Crippen molar-refractivity contribution >= 4 is 11.8 Å². The van der Waals surface area contributed by atoms with Crippen molar-refractivity contribution in [3.8, 4) is 0 Å². The summed E-state index contributed by atoms with van der Waals surface area (Å²) < 4.78 is 9.93. The molecule has 0 aromatic carbocycles. The number of hydrogen-bond acceptors (Lipinski definition) is 7. The summed E-state index contributed by atoms with van der Waals surface area (Å²) in [5.41, 5.74) is 0.731. The van der Waals surface area contributed by atoms with Crippen LogP contribution in [-0.4, -0.2) is 67.3 Å². The molecule has 0 atom stereocenters. The second-order valence-corrected chi connectivity index (χ2v) is 4.59. The first-order valence-corrected chi connectivity index (χ1v) is 6.67. The predicted octanol–water partition coefficient (Wildman–Crippen LogP) is 0.316. The van der Waals surface area contributed by atoms with Gasteiger partial charge in [-0.3, -0.25) is 4.90 Å². The standard InChI is InChI=1S/C13H20N4O3/c1-10-9-11(16-12(15-10)13(18)19-2)14-3-4-17-5-7-20-8-6-17/h9H,3-8H2,1-2H3,(H,14,15,16). The number of hydrogen-bond donors (Lipinski definition) is 1. The summed E-state index contributed by atoms with van der Waals surface area (Å²) in [5.74, 6) is 0.206. The third-order valence-corrected chi connectivity index (χ3v) is 3.06. The third-order valence-electron chi connectivity index (χ3n) is 3.06. The summed E-state index contributed by atoms with van der Waals surface area (Å²) in [6.07, 6.45) is 0. The van der Waals surface area contributed by atoms with Crippen LogP contribution in [0.2, 0.25) is 0 Å². The molecule has 7 nitrogen and oxygen atoms in total. The van der Waals surface area contributed by atoms with E-state index in [1.807, 2.05) is 13.0 Å². The van der Waals surface area contributed by atoms with Crippen LogP contribution in [0.25, 0.3) is 0 Å². The molecule has 0 unspecified atom stereocenters. The van der Waals surface area contributed by atoms with Gasteiger partial charge in [0.15, 0.2) is 0 Å². The summed E-state index contributed by atoms with van der Waals surface area (Å²) in [7, 11) is 1.32. The zero-order valence-electron chi connectivity index (χ0n) is 11.9. The summed E-state index contributed by atoms with van der Waals surface area (Å²) in [6.45, 7) is 6.99. The van der Waals surface area contributed by atoms with E-state index in [0.29, 0.717) is 5.82 Å². The molecule has 2 heterocycles. The smallest absolute Gasteiger partial charge is 0.376 e. The van der Waals surface area contributed by atoms with Crippen LogP contribution in [0.4, 0.5) is 5.82 Å². The van der Waals surface area contributed by atoms with E-state index in [-0.39, 0.29) is 5.82 Å². The minimum absolute atomic E-state index is 0.0846. The summed E-state index contributed by atoms with van der Waals surface area (Å²) in [4.78, 5) is 22.0. The van der Waals surface area contributed by atoms with Gasteiger partial charge < -0.3 is 14.8 Å². The number of carbonyl (C=O) groups excluding carboxylic acids is 1. The first-order chi connectivity index (χ1) is 9.69. The van der Waals surface area contributed by atoms with E-state index >= 15 is 0 Å². The fourth-order valence-corrected chi connectivity index (χ4v) is 2.01. The van der Waals surface area contributed by atoms with Crippen molar-refractivity contribution in [2.45, 2.75) is 6.92 Å². The highest BCUT2D eigenvalue weighted by Gasteiger charge is 2.12. The predicted molar refractivity (Wildman–Crippen MR) is 73.9 cm³/mol. The lowest BCUT2D eigenvalue weighted by Crippen LogP contribution is -2.39. The lowest BCUT2D eigenvalue weighted by Gasteiger charge is -2.26. The molecule has 0 bridgehead atoms. The molecule has 20 heavy (non-hydrogen) atoms. The molecule has 1 aliphatic rings. The summed E-state index contributed by atoms with van der Waals surface area (Å²) >= 11 is 0. The maximum Gasteiger partial charge on any atom is 0.376 e. The fraction of sp³-hybridized carbons (Fsp3) is 0.615. The number of morpholine rings is 1. The number of nitrogens with one attached hydrogen (secondary N) is 1. The average molecular weight is 280 g/mol. The molecule has 1 fully saturated rings. The minimum Gasteiger partial charge on any atom is -0.463 e. The van der Waals surface area contributed by atoms with E-state index in [4.69, 9.17) is 4.74 Å². The number of rotatable bonds is 5. The van der Waals surface area contributed by atoms with Gasteiger partial charge in [0.05, 0.1) is 20.3 Å². The van der Waals surface area contributed by atoms with Crippen LogP contribution < -0.4 is 5.32 Å². The molecule has 1 N–H and O–H groups in total. The number of aryl methyl sites for hydroxylation is 1. The molecule has 1 aromatic rings. The van der Waals surface area contributed by atoms with Crippen molar-refractivity contribution < 1.29 is 14.3 Å². The minimum atomic E-state index is -0.523. The highest BCUT2D eigenvalue weighted by molar-refractivity contribution is 5.85. The van der Waals surface area contributed by atoms with Crippen molar-refractivity contribution in [3.05, 3.63) is 17.6 Å². The Bertz CT molecular complexity index is 461. The number of nitrogens with zero attached hydrogens (tertiary/aromatic N) is 3. The Morgan fingerprint density at radius 1 is 1.45 bits per heavy atom. The Hall–Kier alpha value is -1.73. The van der Waals surface area contributed by atoms with E-state index in [9.17, 15) is 4.79 Å². The van der Waals surface area contributed by atoms with Gasteiger partial charge in [-0.05, 0) is 6.92 Å². The van der Waals surface area contributed by atoms with Gasteiger partial charge in [0.2, 0.25) is 5.82 Å². The summed E-state index contributed by atoms with van der Waals surface area (Å²) in [5, 5.41) is 3.21. The van der Waals surface area contributed by atoms with Crippen molar-refractivity contribution in [2.24, 2.45) is 0 Å². The van der Waals surface area contributed by atoms with Gasteiger partial charge in [-0.25, -0.2) is 14.8 Å². The van der Waals surface area contributed by atoms with Crippen molar-refractivity contribution in [3.63, 3.8) is 0 Å². The summed E-state index contributed by atoms with van der Waals surface area (Å²) in [6, 6.07) is 1.81. The van der Waals surface area contributed by atoms with Gasteiger partial charge in [0.25, 0.3) is 0 Å². The molecule has 110 valence electrons. The van der Waals surface area contributed by atoms with E-state index in [2.05, 4.69) is 24.9 Å². The molecular weight excluding hydrogens is 260 g/mol. The zero-order chi connectivity index (χ0) is 14.4. The van der Waals surface area contributed by atoms with E-state index in [0.717, 1.165) is 45.1 Å². The topological polar surface area (TPSA) is 76.6 Å². The van der Waals surface area contributed by atoms with Crippen LogP contribution in [0.3, 0.4) is 0 Å². The van der Waals surface area contributed by atoms with Gasteiger partial charge in [-0.2, -0.15) is 0 Å². The lowest BCUT2D eigenvalue weighted by molar-refractivity contribution is 0.0398. The second kappa shape index (κ2) is 7.16. The van der Waals surface area contributed by atoms with E-state index in [1.165, 1.54) is 7.11 Å². The Balaban J connectivity index is 1.88. The zero-order valence-corrected chi connectivity index (χ0v) is 11.9. The molecule has 0 radical (unpaired) electrons. The Kier molecular flexibility index (Phi) is 5.25. The van der Waals surface area contributed by atoms with Crippen LogP contribution in [0.15, 0.2) is 6.07 Å². The Morgan fingerprint density at radius 2 is 2.20 bits per heavy atom. The maximum absolute atomic E-state index is 11.4. The second-order valence-electron chi connectivity index (χ2n) is 4.59. The molecule has 0 aliphatic carbocycles. The van der Waals surface area contributed by atoms with Crippen LogP contribution in [0.5, 0.6) is 0 Å². The molecule has 7 heteroatoms. The first kappa shape index (κ1) is 14.7. The first-order valence-electron chi connectivity index (χ1n) is 6.67. The van der Waals surface area contributed by atoms with Crippen LogP contribution in [-0.2, 0) is 9.47 Å². The maximum atomic E-state index is 11.4.